The molecule has 17 heteroatoms. The molecule has 3 amide bonds. The molecule has 1 aromatic heterocycles. The van der Waals surface area contributed by atoms with Crippen molar-refractivity contribution in [1.82, 2.24) is 20.7 Å². The van der Waals surface area contributed by atoms with Crippen LogP contribution in [-0.2, 0) is 20.9 Å². The largest absolute Gasteiger partial charge is 0.493 e. The molecule has 0 spiro atoms. The predicted molar refractivity (Wildman–Crippen MR) is 164 cm³/mol. The van der Waals surface area contributed by atoms with Crippen molar-refractivity contribution in [2.24, 2.45) is 5.73 Å². The van der Waals surface area contributed by atoms with Crippen molar-refractivity contribution in [3.8, 4) is 5.75 Å². The predicted octanol–water partition coefficient (Wildman–Crippen LogP) is 3.52. The van der Waals surface area contributed by atoms with Gasteiger partial charge in [0.2, 0.25) is 0 Å². The van der Waals surface area contributed by atoms with Gasteiger partial charge in [-0.3, -0.25) is 25.8 Å². The summed E-state index contributed by atoms with van der Waals surface area (Å²) in [6.45, 7) is 3.89. The Morgan fingerprint density at radius 3 is 2.21 bits per heavy atom. The summed E-state index contributed by atoms with van der Waals surface area (Å²) in [5.74, 6) is -3.54. The van der Waals surface area contributed by atoms with E-state index in [1.165, 1.54) is 11.0 Å². The number of ether oxygens (including phenoxy) is 2. The number of aryl methyl sites for hydroxylation is 1. The number of hydrazine groups is 1. The Bertz CT molecular complexity index is 1580. The molecule has 47 heavy (non-hydrogen) atoms. The fourth-order valence-electron chi connectivity index (χ4n) is 3.57. The Hall–Kier alpha value is -5.87. The molecule has 0 aliphatic carbocycles. The van der Waals surface area contributed by atoms with E-state index in [9.17, 15) is 27.6 Å². The highest BCUT2D eigenvalue weighted by Crippen LogP contribution is 2.28. The molecule has 1 atom stereocenters. The molecule has 7 N–H and O–H groups in total. The summed E-state index contributed by atoms with van der Waals surface area (Å²) in [5.41, 5.74) is 13.5. The number of halogens is 3. The van der Waals surface area contributed by atoms with Gasteiger partial charge < -0.3 is 30.5 Å². The van der Waals surface area contributed by atoms with E-state index in [0.717, 1.165) is 0 Å². The number of nitrogen functional groups attached to an aromatic ring is 1. The van der Waals surface area contributed by atoms with E-state index in [-0.39, 0.29) is 18.1 Å². The van der Waals surface area contributed by atoms with Gasteiger partial charge in [-0.15, -0.1) is 0 Å². The number of aliphatic carboxylic acids is 1. The van der Waals surface area contributed by atoms with Crippen molar-refractivity contribution in [2.75, 3.05) is 26.0 Å². The van der Waals surface area contributed by atoms with E-state index in [1.807, 2.05) is 6.92 Å². The number of aromatic nitrogens is 1. The number of amides is 3. The fraction of sp³-hybridized carbons (Fsp3) is 0.267. The maximum absolute atomic E-state index is 13.4. The molecular weight excluding hydrogens is 627 g/mol. The van der Waals surface area contributed by atoms with Crippen LogP contribution in [0, 0.1) is 12.3 Å². The molecule has 0 radical (unpaired) electrons. The summed E-state index contributed by atoms with van der Waals surface area (Å²) in [5, 5.41) is 17.9. The first-order valence-corrected chi connectivity index (χ1v) is 13.7. The quantitative estimate of drug-likeness (QED) is 0.106. The van der Waals surface area contributed by atoms with Gasteiger partial charge in [0.1, 0.15) is 29.9 Å². The second kappa shape index (κ2) is 17.0. The van der Waals surface area contributed by atoms with E-state index < -0.39 is 36.1 Å². The SMILES string of the molecule is CCOc1cc(C(Nc2ccc(C(=N)N)cc2)C(=O)NNC(=O)c2cccc(C)n2)ccc1COC(=O)N(C)C.O=C(O)C(F)(F)F. The van der Waals surface area contributed by atoms with Gasteiger partial charge in [0.15, 0.2) is 0 Å². The topological polar surface area (TPSA) is 209 Å². The maximum atomic E-state index is 13.4. The number of anilines is 1. The van der Waals surface area contributed by atoms with Gasteiger partial charge in [0, 0.05) is 36.6 Å². The lowest BCUT2D eigenvalue weighted by atomic mass is 10.0. The highest BCUT2D eigenvalue weighted by Gasteiger charge is 2.38. The lowest BCUT2D eigenvalue weighted by Gasteiger charge is -2.22. The third-order valence-corrected chi connectivity index (χ3v) is 5.87. The number of hydrogen-bond donors (Lipinski definition) is 6. The number of rotatable bonds is 10. The van der Waals surface area contributed by atoms with E-state index in [4.69, 9.17) is 30.5 Å². The summed E-state index contributed by atoms with van der Waals surface area (Å²) in [4.78, 5) is 52.2. The van der Waals surface area contributed by atoms with Crippen LogP contribution in [0.5, 0.6) is 5.75 Å². The Balaban J connectivity index is 0.000000984. The van der Waals surface area contributed by atoms with Crippen LogP contribution in [-0.4, -0.2) is 71.6 Å². The van der Waals surface area contributed by atoms with E-state index in [0.29, 0.717) is 40.4 Å². The normalized spacial score (nSPS) is 11.1. The fourth-order valence-corrected chi connectivity index (χ4v) is 3.57. The van der Waals surface area contributed by atoms with E-state index in [2.05, 4.69) is 21.2 Å². The molecule has 0 bridgehead atoms. The minimum absolute atomic E-state index is 0.0248. The summed E-state index contributed by atoms with van der Waals surface area (Å²) < 4.78 is 42.8. The monoisotopic (exact) mass is 661 g/mol. The van der Waals surface area contributed by atoms with Crippen LogP contribution < -0.4 is 26.6 Å². The van der Waals surface area contributed by atoms with E-state index >= 15 is 0 Å². The van der Waals surface area contributed by atoms with Crippen LogP contribution in [0.25, 0.3) is 0 Å². The number of nitrogens with two attached hydrogens (primary N) is 1. The first-order chi connectivity index (χ1) is 22.0. The zero-order valence-corrected chi connectivity index (χ0v) is 25.8. The number of benzene rings is 2. The summed E-state index contributed by atoms with van der Waals surface area (Å²) in [6.07, 6.45) is -5.58. The van der Waals surface area contributed by atoms with Gasteiger partial charge in [0.05, 0.1) is 6.61 Å². The molecule has 0 aliphatic heterocycles. The summed E-state index contributed by atoms with van der Waals surface area (Å²) >= 11 is 0. The molecule has 14 nitrogen and oxygen atoms in total. The zero-order valence-electron chi connectivity index (χ0n) is 25.8. The number of carboxylic acid groups (broad SMARTS) is 1. The average Bonchev–Trinajstić information content (AvgIpc) is 3.01. The molecule has 3 aromatic rings. The first-order valence-electron chi connectivity index (χ1n) is 13.7. The lowest BCUT2D eigenvalue weighted by molar-refractivity contribution is -0.192. The van der Waals surface area contributed by atoms with Gasteiger partial charge >= 0.3 is 18.2 Å². The second-order valence-electron chi connectivity index (χ2n) is 9.73. The summed E-state index contributed by atoms with van der Waals surface area (Å²) in [6, 6.07) is 15.8. The molecule has 0 saturated carbocycles. The van der Waals surface area contributed by atoms with Crippen LogP contribution in [0.4, 0.5) is 23.7 Å². The zero-order chi connectivity index (χ0) is 35.3. The lowest BCUT2D eigenvalue weighted by Crippen LogP contribution is -2.45. The number of hydrogen-bond acceptors (Lipinski definition) is 9. The first kappa shape index (κ1) is 37.3. The Labute approximate surface area is 267 Å². The number of carbonyl (C=O) groups is 4. The van der Waals surface area contributed by atoms with Gasteiger partial charge in [-0.05, 0) is 61.9 Å². The summed E-state index contributed by atoms with van der Waals surface area (Å²) in [7, 11) is 3.17. The van der Waals surface area contributed by atoms with Crippen molar-refractivity contribution < 1.29 is 46.9 Å². The number of carboxylic acids is 1. The number of nitrogens with zero attached hydrogens (tertiary/aromatic N) is 2. The van der Waals surface area contributed by atoms with Crippen LogP contribution >= 0.6 is 0 Å². The van der Waals surface area contributed by atoms with Crippen molar-refractivity contribution in [3.63, 3.8) is 0 Å². The molecule has 0 saturated heterocycles. The maximum Gasteiger partial charge on any atom is 0.490 e. The van der Waals surface area contributed by atoms with Crippen LogP contribution in [0.1, 0.15) is 45.8 Å². The van der Waals surface area contributed by atoms with Crippen molar-refractivity contribution >= 4 is 35.4 Å². The Kier molecular flexibility index (Phi) is 13.5. The molecule has 3 rings (SSSR count). The second-order valence-corrected chi connectivity index (χ2v) is 9.73. The number of amidine groups is 1. The Morgan fingerprint density at radius 1 is 1.04 bits per heavy atom. The van der Waals surface area contributed by atoms with Gasteiger partial charge in [-0.25, -0.2) is 14.6 Å². The molecule has 252 valence electrons. The van der Waals surface area contributed by atoms with Crippen LogP contribution in [0.2, 0.25) is 0 Å². The highest BCUT2D eigenvalue weighted by atomic mass is 19.4. The van der Waals surface area contributed by atoms with E-state index in [1.54, 1.807) is 75.6 Å². The molecule has 0 fully saturated rings. The average molecular weight is 662 g/mol. The smallest absolute Gasteiger partial charge is 0.490 e. The molecule has 1 unspecified atom stereocenters. The third-order valence-electron chi connectivity index (χ3n) is 5.87. The number of carbonyl (C=O) groups excluding carboxylic acids is 3. The van der Waals surface area contributed by atoms with Crippen molar-refractivity contribution in [2.45, 2.75) is 32.7 Å². The number of alkyl halides is 3. The van der Waals surface area contributed by atoms with Crippen LogP contribution in [0.15, 0.2) is 60.7 Å². The minimum Gasteiger partial charge on any atom is -0.493 e. The van der Waals surface area contributed by atoms with Crippen molar-refractivity contribution in [3.05, 3.63) is 88.7 Å². The van der Waals surface area contributed by atoms with Crippen molar-refractivity contribution in [1.29, 1.82) is 5.41 Å². The number of nitrogens with one attached hydrogen (secondary N) is 4. The van der Waals surface area contributed by atoms with Gasteiger partial charge in [0.25, 0.3) is 11.8 Å². The third kappa shape index (κ3) is 11.9. The molecule has 0 aliphatic rings. The molecule has 1 heterocycles. The molecule has 2 aromatic carbocycles. The van der Waals surface area contributed by atoms with Gasteiger partial charge in [-0.2, -0.15) is 13.2 Å². The molecular formula is C30H34F3N7O7. The Morgan fingerprint density at radius 2 is 1.68 bits per heavy atom. The number of pyridine rings is 1. The minimum atomic E-state index is -5.08. The standard InChI is InChI=1S/C28H33N7O5.C2HF3O2/c1-5-39-23-15-19(9-10-20(23)16-40-28(38)35(3)4)24(32-21-13-11-18(12-14-21)25(29)30)27(37)34-33-26(36)22-8-6-7-17(2)31-22;3-2(4,5)1(6)7/h6-15,24,32H,5,16H2,1-4H3,(H3,29,30)(H,33,36)(H,34,37);(H,6,7). The van der Waals surface area contributed by atoms with Crippen LogP contribution in [0.3, 0.4) is 0 Å². The highest BCUT2D eigenvalue weighted by molar-refractivity contribution is 5.96. The van der Waals surface area contributed by atoms with Gasteiger partial charge in [-0.1, -0.05) is 18.2 Å².